The summed E-state index contributed by atoms with van der Waals surface area (Å²) in [5, 5.41) is 10.2. The fraction of sp³-hybridized carbons (Fsp3) is 0.100. The molecule has 0 aliphatic carbocycles. The van der Waals surface area contributed by atoms with E-state index in [1.807, 2.05) is 54.4 Å². The first-order valence-electron chi connectivity index (χ1n) is 8.45. The molecule has 0 saturated carbocycles. The molecule has 5 aromatic rings. The van der Waals surface area contributed by atoms with E-state index in [1.165, 1.54) is 5.56 Å². The van der Waals surface area contributed by atoms with E-state index in [4.69, 9.17) is 5.10 Å². The Morgan fingerprint density at radius 3 is 2.85 bits per heavy atom. The molecular formula is C20H16N6. The van der Waals surface area contributed by atoms with Crippen molar-refractivity contribution in [1.29, 1.82) is 0 Å². The lowest BCUT2D eigenvalue weighted by molar-refractivity contribution is 0.776. The molecule has 1 aromatic carbocycles. The Hall–Kier alpha value is -3.54. The van der Waals surface area contributed by atoms with E-state index < -0.39 is 0 Å². The molecule has 0 unspecified atom stereocenters. The molecule has 0 fully saturated rings. The van der Waals surface area contributed by atoms with Crippen LogP contribution in [0.25, 0.3) is 22.4 Å². The number of hydrogen-bond acceptors (Lipinski definition) is 4. The third-order valence-electron chi connectivity index (χ3n) is 4.42. The number of aromatic nitrogens is 6. The van der Waals surface area contributed by atoms with Crippen LogP contribution in [0.15, 0.2) is 67.3 Å². The van der Waals surface area contributed by atoms with E-state index in [2.05, 4.69) is 39.3 Å². The van der Waals surface area contributed by atoms with Crippen LogP contribution in [0, 0.1) is 6.92 Å². The van der Waals surface area contributed by atoms with Crippen LogP contribution < -0.4 is 0 Å². The predicted molar refractivity (Wildman–Crippen MR) is 99.4 cm³/mol. The Bertz CT molecular complexity index is 1230. The zero-order valence-corrected chi connectivity index (χ0v) is 14.2. The van der Waals surface area contributed by atoms with Crippen molar-refractivity contribution in [2.75, 3.05) is 0 Å². The lowest BCUT2D eigenvalue weighted by Crippen LogP contribution is -2.05. The third-order valence-corrected chi connectivity index (χ3v) is 4.42. The molecule has 4 heterocycles. The first kappa shape index (κ1) is 14.8. The maximum Gasteiger partial charge on any atom is 0.174 e. The molecular weight excluding hydrogens is 324 g/mol. The number of imidazole rings is 1. The van der Waals surface area contributed by atoms with Gasteiger partial charge < -0.3 is 0 Å². The standard InChI is InChI=1S/C20H16N6/c1-14-11-23-25(13-14)20-7-6-19-22-12-17(26(19)24-20)9-15-4-5-16-3-2-8-21-18(16)10-15/h2-8,10-13H,9H2,1H3. The van der Waals surface area contributed by atoms with Gasteiger partial charge in [-0.2, -0.15) is 5.10 Å². The second-order valence-corrected chi connectivity index (χ2v) is 6.38. The number of pyridine rings is 1. The molecule has 0 saturated heterocycles. The fourth-order valence-electron chi connectivity index (χ4n) is 3.12. The molecule has 0 N–H and O–H groups in total. The van der Waals surface area contributed by atoms with Crippen molar-refractivity contribution < 1.29 is 0 Å². The van der Waals surface area contributed by atoms with Crippen LogP contribution in [0.3, 0.4) is 0 Å². The summed E-state index contributed by atoms with van der Waals surface area (Å²) in [6.45, 7) is 2.01. The number of aryl methyl sites for hydroxylation is 1. The summed E-state index contributed by atoms with van der Waals surface area (Å²) < 4.78 is 3.66. The summed E-state index contributed by atoms with van der Waals surface area (Å²) in [5.41, 5.74) is 5.13. The maximum absolute atomic E-state index is 4.72. The quantitative estimate of drug-likeness (QED) is 0.505. The molecule has 4 aromatic heterocycles. The lowest BCUT2D eigenvalue weighted by Gasteiger charge is -2.05. The smallest absolute Gasteiger partial charge is 0.174 e. The summed E-state index contributed by atoms with van der Waals surface area (Å²) in [7, 11) is 0. The van der Waals surface area contributed by atoms with E-state index >= 15 is 0 Å². The summed E-state index contributed by atoms with van der Waals surface area (Å²) in [6, 6.07) is 14.3. The summed E-state index contributed by atoms with van der Waals surface area (Å²) in [5.74, 6) is 0.769. The highest BCUT2D eigenvalue weighted by atomic mass is 15.4. The average Bonchev–Trinajstić information content (AvgIpc) is 3.28. The van der Waals surface area contributed by atoms with Gasteiger partial charge in [0.2, 0.25) is 0 Å². The van der Waals surface area contributed by atoms with Gasteiger partial charge >= 0.3 is 0 Å². The molecule has 6 heteroatoms. The molecule has 126 valence electrons. The highest BCUT2D eigenvalue weighted by Gasteiger charge is 2.09. The van der Waals surface area contributed by atoms with Gasteiger partial charge in [-0.05, 0) is 42.3 Å². The minimum Gasteiger partial charge on any atom is -0.256 e. The van der Waals surface area contributed by atoms with Crippen LogP contribution in [-0.4, -0.2) is 29.4 Å². The number of hydrogen-bond donors (Lipinski definition) is 0. The number of nitrogens with zero attached hydrogens (tertiary/aromatic N) is 6. The second kappa shape index (κ2) is 5.77. The van der Waals surface area contributed by atoms with Gasteiger partial charge in [0, 0.05) is 24.2 Å². The normalized spacial score (nSPS) is 11.4. The second-order valence-electron chi connectivity index (χ2n) is 6.38. The van der Waals surface area contributed by atoms with Crippen LogP contribution in [0.4, 0.5) is 0 Å². The fourth-order valence-corrected chi connectivity index (χ4v) is 3.12. The summed E-state index contributed by atoms with van der Waals surface area (Å²) in [6.07, 6.45) is 8.22. The monoisotopic (exact) mass is 340 g/mol. The maximum atomic E-state index is 4.72. The highest BCUT2D eigenvalue weighted by molar-refractivity contribution is 5.78. The van der Waals surface area contributed by atoms with E-state index in [0.717, 1.165) is 40.0 Å². The van der Waals surface area contributed by atoms with E-state index in [0.29, 0.717) is 0 Å². The van der Waals surface area contributed by atoms with Crippen LogP contribution in [0.5, 0.6) is 0 Å². The Morgan fingerprint density at radius 1 is 1.00 bits per heavy atom. The van der Waals surface area contributed by atoms with Gasteiger partial charge in [0.05, 0.1) is 23.6 Å². The Balaban J connectivity index is 1.55. The Kier molecular flexibility index (Phi) is 3.28. The lowest BCUT2D eigenvalue weighted by atomic mass is 10.1. The molecule has 0 amide bonds. The molecule has 0 aliphatic heterocycles. The summed E-state index contributed by atoms with van der Waals surface area (Å²) >= 11 is 0. The van der Waals surface area contributed by atoms with Crippen LogP contribution in [-0.2, 0) is 6.42 Å². The van der Waals surface area contributed by atoms with Crippen molar-refractivity contribution in [3.8, 4) is 5.82 Å². The van der Waals surface area contributed by atoms with Crippen molar-refractivity contribution in [2.24, 2.45) is 0 Å². The van der Waals surface area contributed by atoms with Gasteiger partial charge in [-0.3, -0.25) is 4.98 Å². The molecule has 0 radical (unpaired) electrons. The van der Waals surface area contributed by atoms with Crippen molar-refractivity contribution in [3.63, 3.8) is 0 Å². The zero-order chi connectivity index (χ0) is 17.5. The number of fused-ring (bicyclic) bond motifs is 2. The van der Waals surface area contributed by atoms with Crippen LogP contribution >= 0.6 is 0 Å². The van der Waals surface area contributed by atoms with E-state index in [-0.39, 0.29) is 0 Å². The van der Waals surface area contributed by atoms with Gasteiger partial charge in [0.25, 0.3) is 0 Å². The van der Waals surface area contributed by atoms with Crippen LogP contribution in [0.1, 0.15) is 16.8 Å². The molecule has 26 heavy (non-hydrogen) atoms. The van der Waals surface area contributed by atoms with Gasteiger partial charge in [0.1, 0.15) is 0 Å². The highest BCUT2D eigenvalue weighted by Crippen LogP contribution is 2.17. The first-order chi connectivity index (χ1) is 12.8. The zero-order valence-electron chi connectivity index (χ0n) is 14.2. The number of rotatable bonds is 3. The first-order valence-corrected chi connectivity index (χ1v) is 8.45. The molecule has 0 atom stereocenters. The van der Waals surface area contributed by atoms with Gasteiger partial charge in [0.15, 0.2) is 11.5 Å². The third kappa shape index (κ3) is 2.52. The SMILES string of the molecule is Cc1cnn(-c2ccc3ncc(Cc4ccc5cccnc5c4)n3n2)c1. The largest absolute Gasteiger partial charge is 0.256 e. The average molecular weight is 340 g/mol. The molecule has 0 aliphatic rings. The molecule has 0 spiro atoms. The molecule has 6 nitrogen and oxygen atoms in total. The van der Waals surface area contributed by atoms with Gasteiger partial charge in [-0.25, -0.2) is 14.2 Å². The predicted octanol–water partition coefficient (Wildman–Crippen LogP) is 3.36. The van der Waals surface area contributed by atoms with Crippen molar-refractivity contribution in [3.05, 3.63) is 84.1 Å². The minimum absolute atomic E-state index is 0.738. The van der Waals surface area contributed by atoms with E-state index in [9.17, 15) is 0 Å². The van der Waals surface area contributed by atoms with Crippen molar-refractivity contribution >= 4 is 16.6 Å². The number of benzene rings is 1. The Labute approximate surface area is 149 Å². The van der Waals surface area contributed by atoms with Crippen LogP contribution in [0.2, 0.25) is 0 Å². The molecule has 5 rings (SSSR count). The van der Waals surface area contributed by atoms with Gasteiger partial charge in [-0.15, -0.1) is 5.10 Å². The summed E-state index contributed by atoms with van der Waals surface area (Å²) in [4.78, 5) is 8.91. The van der Waals surface area contributed by atoms with Crippen molar-refractivity contribution in [1.82, 2.24) is 29.4 Å². The van der Waals surface area contributed by atoms with Gasteiger partial charge in [-0.1, -0.05) is 18.2 Å². The van der Waals surface area contributed by atoms with E-state index in [1.54, 1.807) is 4.68 Å². The topological polar surface area (TPSA) is 60.9 Å². The van der Waals surface area contributed by atoms with Crippen molar-refractivity contribution in [2.45, 2.75) is 13.3 Å². The minimum atomic E-state index is 0.738. The molecule has 0 bridgehead atoms. The Morgan fingerprint density at radius 2 is 1.96 bits per heavy atom.